The number of anilines is 3. The normalized spacial score (nSPS) is 13.1. The van der Waals surface area contributed by atoms with Gasteiger partial charge in [-0.2, -0.15) is 0 Å². The quantitative estimate of drug-likeness (QED) is 0.177. The average Bonchev–Trinajstić information content (AvgIpc) is 3.86. The topological polar surface area (TPSA) is 16.4 Å². The van der Waals surface area contributed by atoms with Crippen LogP contribution in [0.2, 0.25) is 0 Å². The molecule has 0 N–H and O–H groups in total. The minimum absolute atomic E-state index is 0.194. The van der Waals surface area contributed by atoms with Gasteiger partial charge in [0.25, 0.3) is 0 Å². The maximum Gasteiger partial charge on any atom is 0.137 e. The van der Waals surface area contributed by atoms with Crippen LogP contribution in [-0.2, 0) is 5.41 Å². The molecule has 2 heterocycles. The van der Waals surface area contributed by atoms with Crippen molar-refractivity contribution < 1.29 is 4.42 Å². The summed E-state index contributed by atoms with van der Waals surface area (Å²) in [4.78, 5) is 2.51. The van der Waals surface area contributed by atoms with Gasteiger partial charge in [-0.15, -0.1) is 11.3 Å². The van der Waals surface area contributed by atoms with Gasteiger partial charge >= 0.3 is 0 Å². The van der Waals surface area contributed by atoms with Crippen LogP contribution in [0.4, 0.5) is 17.1 Å². The van der Waals surface area contributed by atoms with E-state index in [0.29, 0.717) is 0 Å². The van der Waals surface area contributed by atoms with Crippen molar-refractivity contribution >= 4 is 70.5 Å². The van der Waals surface area contributed by atoms with Crippen molar-refractivity contribution in [2.45, 2.75) is 19.3 Å². The first kappa shape index (κ1) is 31.1. The number of hydrogen-bond donors (Lipinski definition) is 0. The highest BCUT2D eigenvalue weighted by Crippen LogP contribution is 2.56. The fourth-order valence-electron chi connectivity index (χ4n) is 8.93. The molecule has 0 fully saturated rings. The van der Waals surface area contributed by atoms with Gasteiger partial charge in [0.15, 0.2) is 0 Å². The molecule has 2 aromatic heterocycles. The molecule has 1 aliphatic rings. The van der Waals surface area contributed by atoms with Gasteiger partial charge in [-0.3, -0.25) is 0 Å². The van der Waals surface area contributed by atoms with E-state index in [1.165, 1.54) is 59.1 Å². The molecule has 3 heteroatoms. The van der Waals surface area contributed by atoms with E-state index < -0.39 is 0 Å². The fraction of sp³-hybridized carbons (Fsp3) is 0.0588. The summed E-state index contributed by atoms with van der Waals surface area (Å²) in [5.74, 6) is 0. The van der Waals surface area contributed by atoms with Gasteiger partial charge in [0.1, 0.15) is 11.2 Å². The zero-order valence-electron chi connectivity index (χ0n) is 30.0. The van der Waals surface area contributed by atoms with Crippen LogP contribution in [0.3, 0.4) is 0 Å². The van der Waals surface area contributed by atoms with Crippen LogP contribution in [-0.4, -0.2) is 0 Å². The summed E-state index contributed by atoms with van der Waals surface area (Å²) < 4.78 is 9.30. The summed E-state index contributed by atoms with van der Waals surface area (Å²) in [6.45, 7) is 4.75. The number of nitrogens with zero attached hydrogens (tertiary/aromatic N) is 1. The van der Waals surface area contributed by atoms with Gasteiger partial charge in [0.2, 0.25) is 0 Å². The number of furan rings is 1. The van der Waals surface area contributed by atoms with Crippen molar-refractivity contribution in [3.8, 4) is 33.4 Å². The molecular formula is C51H35NOS. The standard InChI is InChI=1S/C51H35NOS/c1-51(2)40-21-11-9-19-36(40)48-39(33-17-7-4-8-18-33)30-35(31-41(48)51)52(43-23-14-26-47-50(43)38-20-10-12-25-46(38)54-47)42-22-13-24-44-49(42)37-28-27-34(29-45(37)53-44)32-15-5-3-6-16-32/h3-31H,1-2H3. The van der Waals surface area contributed by atoms with Gasteiger partial charge in [-0.1, -0.05) is 135 Å². The Morgan fingerprint density at radius 3 is 1.98 bits per heavy atom. The molecule has 11 rings (SSSR count). The molecule has 10 aromatic rings. The van der Waals surface area contributed by atoms with E-state index in [9.17, 15) is 0 Å². The Labute approximate surface area is 318 Å². The lowest BCUT2D eigenvalue weighted by atomic mass is 9.81. The molecule has 54 heavy (non-hydrogen) atoms. The molecule has 0 atom stereocenters. The van der Waals surface area contributed by atoms with E-state index in [4.69, 9.17) is 4.42 Å². The summed E-state index contributed by atoms with van der Waals surface area (Å²) in [5, 5.41) is 4.74. The van der Waals surface area contributed by atoms with E-state index >= 15 is 0 Å². The Bertz CT molecular complexity index is 3080. The van der Waals surface area contributed by atoms with Crippen LogP contribution < -0.4 is 4.90 Å². The second kappa shape index (κ2) is 11.8. The molecule has 0 unspecified atom stereocenters. The number of rotatable bonds is 5. The molecule has 0 bridgehead atoms. The van der Waals surface area contributed by atoms with Crippen molar-refractivity contribution in [2.24, 2.45) is 0 Å². The number of fused-ring (bicyclic) bond motifs is 9. The van der Waals surface area contributed by atoms with Gasteiger partial charge in [-0.05, 0) is 99.1 Å². The molecule has 0 amide bonds. The summed E-state index contributed by atoms with van der Waals surface area (Å²) in [6, 6.07) is 64.1. The second-order valence-corrected chi connectivity index (χ2v) is 15.9. The van der Waals surface area contributed by atoms with E-state index in [1.807, 2.05) is 11.3 Å². The molecule has 0 aliphatic heterocycles. The Hall–Kier alpha value is -6.42. The number of hydrogen-bond acceptors (Lipinski definition) is 3. The lowest BCUT2D eigenvalue weighted by Crippen LogP contribution is -2.17. The number of thiophene rings is 1. The van der Waals surface area contributed by atoms with Crippen LogP contribution in [0.1, 0.15) is 25.0 Å². The minimum atomic E-state index is -0.194. The fourth-order valence-corrected chi connectivity index (χ4v) is 10.1. The van der Waals surface area contributed by atoms with Crippen molar-refractivity contribution in [3.05, 3.63) is 187 Å². The highest BCUT2D eigenvalue weighted by Gasteiger charge is 2.38. The first-order valence-electron chi connectivity index (χ1n) is 18.6. The van der Waals surface area contributed by atoms with E-state index in [2.05, 4.69) is 195 Å². The van der Waals surface area contributed by atoms with Crippen LogP contribution in [0.15, 0.2) is 180 Å². The van der Waals surface area contributed by atoms with Gasteiger partial charge in [-0.25, -0.2) is 0 Å². The Morgan fingerprint density at radius 2 is 1.15 bits per heavy atom. The largest absolute Gasteiger partial charge is 0.456 e. The molecule has 8 aromatic carbocycles. The molecule has 0 spiro atoms. The second-order valence-electron chi connectivity index (χ2n) is 14.9. The summed E-state index contributed by atoms with van der Waals surface area (Å²) in [6.07, 6.45) is 0. The predicted molar refractivity (Wildman–Crippen MR) is 230 cm³/mol. The maximum atomic E-state index is 6.74. The summed E-state index contributed by atoms with van der Waals surface area (Å²) >= 11 is 1.86. The summed E-state index contributed by atoms with van der Waals surface area (Å²) in [5.41, 5.74) is 15.0. The van der Waals surface area contributed by atoms with Crippen molar-refractivity contribution in [2.75, 3.05) is 4.90 Å². The zero-order chi connectivity index (χ0) is 36.0. The third-order valence-corrected chi connectivity index (χ3v) is 12.6. The molecule has 1 aliphatic carbocycles. The highest BCUT2D eigenvalue weighted by molar-refractivity contribution is 7.26. The minimum Gasteiger partial charge on any atom is -0.456 e. The zero-order valence-corrected chi connectivity index (χ0v) is 30.8. The summed E-state index contributed by atoms with van der Waals surface area (Å²) in [7, 11) is 0. The first-order chi connectivity index (χ1) is 26.5. The lowest BCUT2D eigenvalue weighted by Gasteiger charge is -2.30. The highest BCUT2D eigenvalue weighted by atomic mass is 32.1. The van der Waals surface area contributed by atoms with Crippen molar-refractivity contribution in [1.29, 1.82) is 0 Å². The Kier molecular flexibility index (Phi) is 6.80. The molecular weight excluding hydrogens is 675 g/mol. The van der Waals surface area contributed by atoms with Gasteiger partial charge < -0.3 is 9.32 Å². The molecule has 256 valence electrons. The van der Waals surface area contributed by atoms with Gasteiger partial charge in [0.05, 0.1) is 16.8 Å². The molecule has 0 saturated carbocycles. The Morgan fingerprint density at radius 1 is 0.463 bits per heavy atom. The van der Waals surface area contributed by atoms with Crippen LogP contribution >= 0.6 is 11.3 Å². The van der Waals surface area contributed by atoms with E-state index in [-0.39, 0.29) is 5.41 Å². The van der Waals surface area contributed by atoms with Crippen LogP contribution in [0, 0.1) is 0 Å². The van der Waals surface area contributed by atoms with E-state index in [1.54, 1.807) is 0 Å². The Balaban J connectivity index is 1.25. The smallest absolute Gasteiger partial charge is 0.137 e. The first-order valence-corrected chi connectivity index (χ1v) is 19.4. The molecule has 0 radical (unpaired) electrons. The van der Waals surface area contributed by atoms with E-state index in [0.717, 1.165) is 44.6 Å². The van der Waals surface area contributed by atoms with Crippen molar-refractivity contribution in [3.63, 3.8) is 0 Å². The van der Waals surface area contributed by atoms with Crippen LogP contribution in [0.25, 0.3) is 75.5 Å². The molecule has 2 nitrogen and oxygen atoms in total. The maximum absolute atomic E-state index is 6.74. The van der Waals surface area contributed by atoms with Gasteiger partial charge in [0, 0.05) is 36.7 Å². The number of benzene rings is 8. The average molecular weight is 710 g/mol. The lowest BCUT2D eigenvalue weighted by molar-refractivity contribution is 0.660. The molecule has 0 saturated heterocycles. The predicted octanol–water partition coefficient (Wildman–Crippen LogP) is 15.1. The van der Waals surface area contributed by atoms with Crippen LogP contribution in [0.5, 0.6) is 0 Å². The van der Waals surface area contributed by atoms with Crippen molar-refractivity contribution in [1.82, 2.24) is 0 Å². The SMILES string of the molecule is CC1(C)c2ccccc2-c2c(-c3ccccc3)cc(N(c3cccc4oc5cc(-c6ccccc6)ccc5c34)c3cccc4sc5ccccc5c34)cc21. The third kappa shape index (κ3) is 4.58. The third-order valence-electron chi connectivity index (χ3n) is 11.5. The monoisotopic (exact) mass is 709 g/mol.